The van der Waals surface area contributed by atoms with E-state index in [4.69, 9.17) is 9.47 Å². The quantitative estimate of drug-likeness (QED) is 0.890. The first kappa shape index (κ1) is 15.9. The third-order valence-electron chi connectivity index (χ3n) is 4.59. The van der Waals surface area contributed by atoms with Crippen LogP contribution in [0.1, 0.15) is 42.6 Å². The molecule has 3 rings (SSSR count). The zero-order valence-electron chi connectivity index (χ0n) is 14.1. The molecule has 0 bridgehead atoms. The van der Waals surface area contributed by atoms with Gasteiger partial charge in [0.1, 0.15) is 0 Å². The van der Waals surface area contributed by atoms with Gasteiger partial charge in [-0.2, -0.15) is 5.10 Å². The first-order valence-corrected chi connectivity index (χ1v) is 8.26. The number of benzene rings is 1. The number of ether oxygens (including phenoxy) is 2. The number of nitrogens with zero attached hydrogens (tertiary/aromatic N) is 2. The second-order valence-corrected chi connectivity index (χ2v) is 5.84. The van der Waals surface area contributed by atoms with Gasteiger partial charge < -0.3 is 14.8 Å². The molecule has 0 amide bonds. The largest absolute Gasteiger partial charge is 0.493 e. The average Bonchev–Trinajstić information content (AvgIpc) is 3.03. The van der Waals surface area contributed by atoms with Crippen LogP contribution in [0.4, 0.5) is 0 Å². The Labute approximate surface area is 137 Å². The molecule has 1 aliphatic carbocycles. The molecule has 1 aromatic heterocycles. The van der Waals surface area contributed by atoms with Gasteiger partial charge in [-0.05, 0) is 32.3 Å². The second kappa shape index (κ2) is 7.04. The molecule has 0 fully saturated rings. The van der Waals surface area contributed by atoms with E-state index in [1.807, 2.05) is 18.3 Å². The molecule has 23 heavy (non-hydrogen) atoms. The van der Waals surface area contributed by atoms with E-state index in [0.29, 0.717) is 6.04 Å². The Bertz CT molecular complexity index is 666. The highest BCUT2D eigenvalue weighted by Gasteiger charge is 2.24. The van der Waals surface area contributed by atoms with E-state index in [1.54, 1.807) is 14.2 Å². The maximum atomic E-state index is 5.52. The van der Waals surface area contributed by atoms with Crippen molar-refractivity contribution in [3.63, 3.8) is 0 Å². The van der Waals surface area contributed by atoms with Crippen molar-refractivity contribution in [3.05, 3.63) is 41.2 Å². The summed E-state index contributed by atoms with van der Waals surface area (Å²) in [5, 5.41) is 8.18. The maximum Gasteiger partial charge on any atom is 0.165 e. The van der Waals surface area contributed by atoms with Crippen molar-refractivity contribution in [3.8, 4) is 11.5 Å². The normalized spacial score (nSPS) is 16.9. The Morgan fingerprint density at radius 2 is 2.17 bits per heavy atom. The molecule has 0 spiro atoms. The van der Waals surface area contributed by atoms with Crippen LogP contribution in [0.5, 0.6) is 11.5 Å². The predicted octanol–water partition coefficient (Wildman–Crippen LogP) is 3.09. The third kappa shape index (κ3) is 3.06. The van der Waals surface area contributed by atoms with Crippen LogP contribution in [0.3, 0.4) is 0 Å². The summed E-state index contributed by atoms with van der Waals surface area (Å²) in [4.78, 5) is 0. The van der Waals surface area contributed by atoms with Gasteiger partial charge in [0.15, 0.2) is 11.5 Å². The highest BCUT2D eigenvalue weighted by molar-refractivity contribution is 5.46. The van der Waals surface area contributed by atoms with Crippen molar-refractivity contribution in [1.29, 1.82) is 0 Å². The number of fused-ring (bicyclic) bond motifs is 1. The van der Waals surface area contributed by atoms with Gasteiger partial charge in [-0.25, -0.2) is 0 Å². The van der Waals surface area contributed by atoms with E-state index in [9.17, 15) is 0 Å². The van der Waals surface area contributed by atoms with Crippen molar-refractivity contribution in [2.24, 2.45) is 0 Å². The predicted molar refractivity (Wildman–Crippen MR) is 90.0 cm³/mol. The Hall–Kier alpha value is -2.01. The topological polar surface area (TPSA) is 48.3 Å². The summed E-state index contributed by atoms with van der Waals surface area (Å²) in [5.74, 6) is 1.58. The van der Waals surface area contributed by atoms with Crippen molar-refractivity contribution < 1.29 is 9.47 Å². The molecule has 0 radical (unpaired) electrons. The van der Waals surface area contributed by atoms with Gasteiger partial charge >= 0.3 is 0 Å². The molecule has 0 saturated heterocycles. The molecule has 1 heterocycles. The highest BCUT2D eigenvalue weighted by atomic mass is 16.5. The van der Waals surface area contributed by atoms with Gasteiger partial charge in [-0.3, -0.25) is 4.68 Å². The van der Waals surface area contributed by atoms with Gasteiger partial charge in [0.2, 0.25) is 0 Å². The summed E-state index contributed by atoms with van der Waals surface area (Å²) in [7, 11) is 3.35. The summed E-state index contributed by atoms with van der Waals surface area (Å²) < 4.78 is 13.0. The SMILES string of the molecule is CCn1ncc2c1CCC[C@@H]2NCc1cccc(OC)c1OC. The molecule has 5 heteroatoms. The zero-order valence-corrected chi connectivity index (χ0v) is 14.1. The van der Waals surface area contributed by atoms with Crippen molar-refractivity contribution >= 4 is 0 Å². The first-order valence-electron chi connectivity index (χ1n) is 8.26. The number of methoxy groups -OCH3 is 2. The van der Waals surface area contributed by atoms with Crippen LogP contribution in [0, 0.1) is 0 Å². The van der Waals surface area contributed by atoms with E-state index in [0.717, 1.165) is 43.0 Å². The summed E-state index contributed by atoms with van der Waals surface area (Å²) in [6.45, 7) is 3.83. The van der Waals surface area contributed by atoms with Crippen LogP contribution < -0.4 is 14.8 Å². The van der Waals surface area contributed by atoms with Gasteiger partial charge in [0.25, 0.3) is 0 Å². The molecular formula is C18H25N3O2. The minimum atomic E-state index is 0.356. The van der Waals surface area contributed by atoms with Gasteiger partial charge in [-0.1, -0.05) is 12.1 Å². The lowest BCUT2D eigenvalue weighted by molar-refractivity contribution is 0.348. The van der Waals surface area contributed by atoms with Crippen LogP contribution in [-0.4, -0.2) is 24.0 Å². The van der Waals surface area contributed by atoms with E-state index < -0.39 is 0 Å². The number of hydrogen-bond acceptors (Lipinski definition) is 4. The van der Waals surface area contributed by atoms with Crippen LogP contribution in [0.2, 0.25) is 0 Å². The number of para-hydroxylation sites is 1. The maximum absolute atomic E-state index is 5.52. The highest BCUT2D eigenvalue weighted by Crippen LogP contribution is 2.33. The lowest BCUT2D eigenvalue weighted by Crippen LogP contribution is -2.25. The fraction of sp³-hybridized carbons (Fsp3) is 0.500. The number of hydrogen-bond donors (Lipinski definition) is 1. The number of aromatic nitrogens is 2. The summed E-state index contributed by atoms with van der Waals surface area (Å²) in [6, 6.07) is 6.36. The summed E-state index contributed by atoms with van der Waals surface area (Å²) in [5.41, 5.74) is 3.84. The summed E-state index contributed by atoms with van der Waals surface area (Å²) in [6.07, 6.45) is 5.50. The monoisotopic (exact) mass is 315 g/mol. The first-order chi connectivity index (χ1) is 11.3. The van der Waals surface area contributed by atoms with Crippen LogP contribution >= 0.6 is 0 Å². The number of aryl methyl sites for hydroxylation is 1. The van der Waals surface area contributed by atoms with E-state index in [2.05, 4.69) is 28.1 Å². The van der Waals surface area contributed by atoms with Crippen LogP contribution in [-0.2, 0) is 19.5 Å². The lowest BCUT2D eigenvalue weighted by atomic mass is 9.92. The molecule has 1 aromatic carbocycles. The molecule has 1 atom stereocenters. The van der Waals surface area contributed by atoms with Crippen molar-refractivity contribution in [2.45, 2.75) is 45.3 Å². The fourth-order valence-corrected chi connectivity index (χ4v) is 3.43. The number of nitrogens with one attached hydrogen (secondary N) is 1. The molecule has 2 aromatic rings. The third-order valence-corrected chi connectivity index (χ3v) is 4.59. The average molecular weight is 315 g/mol. The molecule has 0 unspecified atom stereocenters. The lowest BCUT2D eigenvalue weighted by Gasteiger charge is -2.25. The van der Waals surface area contributed by atoms with Crippen LogP contribution in [0.15, 0.2) is 24.4 Å². The second-order valence-electron chi connectivity index (χ2n) is 5.84. The molecule has 1 aliphatic rings. The van der Waals surface area contributed by atoms with Crippen molar-refractivity contribution in [1.82, 2.24) is 15.1 Å². The molecule has 5 nitrogen and oxygen atoms in total. The van der Waals surface area contributed by atoms with Gasteiger partial charge in [0, 0.05) is 36.0 Å². The minimum Gasteiger partial charge on any atom is -0.493 e. The Morgan fingerprint density at radius 1 is 1.30 bits per heavy atom. The Kier molecular flexibility index (Phi) is 4.86. The number of rotatable bonds is 6. The smallest absolute Gasteiger partial charge is 0.165 e. The van der Waals surface area contributed by atoms with E-state index in [-0.39, 0.29) is 0 Å². The van der Waals surface area contributed by atoms with Crippen LogP contribution in [0.25, 0.3) is 0 Å². The van der Waals surface area contributed by atoms with Gasteiger partial charge in [-0.15, -0.1) is 0 Å². The molecule has 124 valence electrons. The minimum absolute atomic E-state index is 0.356. The summed E-state index contributed by atoms with van der Waals surface area (Å²) >= 11 is 0. The van der Waals surface area contributed by atoms with E-state index in [1.165, 1.54) is 17.7 Å². The standard InChI is InChI=1S/C18H25N3O2/c1-4-21-16-9-6-8-15(14(16)12-20-21)19-11-13-7-5-10-17(22-2)18(13)23-3/h5,7,10,12,15,19H,4,6,8-9,11H2,1-3H3/t15-/m0/s1. The van der Waals surface area contributed by atoms with Crippen molar-refractivity contribution in [2.75, 3.05) is 14.2 Å². The molecule has 0 saturated carbocycles. The Balaban J connectivity index is 1.76. The Morgan fingerprint density at radius 3 is 2.91 bits per heavy atom. The van der Waals surface area contributed by atoms with E-state index >= 15 is 0 Å². The molecule has 0 aliphatic heterocycles. The zero-order chi connectivity index (χ0) is 16.2. The molecular weight excluding hydrogens is 290 g/mol. The fourth-order valence-electron chi connectivity index (χ4n) is 3.43. The molecule has 1 N–H and O–H groups in total. The van der Waals surface area contributed by atoms with Gasteiger partial charge in [0.05, 0.1) is 20.4 Å².